The maximum absolute atomic E-state index is 6.09. The zero-order valence-corrected chi connectivity index (χ0v) is 17.4. The van der Waals surface area contributed by atoms with Crippen LogP contribution in [0, 0.1) is 0 Å². The Morgan fingerprint density at radius 2 is 1.70 bits per heavy atom. The fourth-order valence-electron chi connectivity index (χ4n) is 3.91. The molecule has 1 aliphatic heterocycles. The molecule has 2 aromatic carbocycles. The second kappa shape index (κ2) is 8.32. The third-order valence-electron chi connectivity index (χ3n) is 5.42. The van der Waals surface area contributed by atoms with Crippen LogP contribution in [0.2, 0.25) is 5.02 Å². The van der Waals surface area contributed by atoms with Crippen molar-refractivity contribution < 1.29 is 0 Å². The average Bonchev–Trinajstić information content (AvgIpc) is 3.31. The number of halogens is 1. The van der Waals surface area contributed by atoms with Crippen LogP contribution in [0.4, 0.5) is 17.5 Å². The summed E-state index contributed by atoms with van der Waals surface area (Å²) in [6.07, 6.45) is 4.20. The maximum atomic E-state index is 6.09. The largest absolute Gasteiger partial charge is 0.383 e. The number of anilines is 3. The predicted molar refractivity (Wildman–Crippen MR) is 125 cm³/mol. The highest BCUT2D eigenvalue weighted by atomic mass is 35.5. The van der Waals surface area contributed by atoms with Crippen LogP contribution < -0.4 is 15.5 Å². The van der Waals surface area contributed by atoms with E-state index >= 15 is 0 Å². The van der Waals surface area contributed by atoms with Crippen LogP contribution in [0.5, 0.6) is 0 Å². The second-order valence-corrected chi connectivity index (χ2v) is 7.89. The third kappa shape index (κ3) is 3.83. The summed E-state index contributed by atoms with van der Waals surface area (Å²) in [5, 5.41) is 9.80. The van der Waals surface area contributed by atoms with Gasteiger partial charge in [-0.2, -0.15) is 4.98 Å². The highest BCUT2D eigenvalue weighted by molar-refractivity contribution is 6.31. The highest BCUT2D eigenvalue weighted by Crippen LogP contribution is 2.26. The first-order chi connectivity index (χ1) is 14.8. The van der Waals surface area contributed by atoms with E-state index in [9.17, 15) is 0 Å². The Bertz CT molecular complexity index is 1190. The van der Waals surface area contributed by atoms with E-state index in [1.807, 2.05) is 42.5 Å². The van der Waals surface area contributed by atoms with Crippen LogP contribution in [0.25, 0.3) is 21.8 Å². The lowest BCUT2D eigenvalue weighted by Crippen LogP contribution is -2.22. The molecule has 2 N–H and O–H groups in total. The Morgan fingerprint density at radius 3 is 2.60 bits per heavy atom. The molecule has 152 valence electrons. The Labute approximate surface area is 180 Å². The Kier molecular flexibility index (Phi) is 5.24. The number of hydrogen-bond donors (Lipinski definition) is 2. The molecular weight excluding hydrogens is 396 g/mol. The van der Waals surface area contributed by atoms with Crippen molar-refractivity contribution in [1.29, 1.82) is 0 Å². The summed E-state index contributed by atoms with van der Waals surface area (Å²) in [4.78, 5) is 16.3. The van der Waals surface area contributed by atoms with E-state index in [0.29, 0.717) is 5.02 Å². The van der Waals surface area contributed by atoms with Crippen LogP contribution in [-0.2, 0) is 0 Å². The van der Waals surface area contributed by atoms with Crippen LogP contribution >= 0.6 is 11.6 Å². The predicted octanol–water partition coefficient (Wildman–Crippen LogP) is 4.96. The summed E-state index contributed by atoms with van der Waals surface area (Å²) in [6, 6.07) is 15.9. The number of pyridine rings is 1. The molecule has 30 heavy (non-hydrogen) atoms. The van der Waals surface area contributed by atoms with Gasteiger partial charge in [-0.3, -0.25) is 4.98 Å². The molecule has 1 saturated heterocycles. The Morgan fingerprint density at radius 1 is 0.867 bits per heavy atom. The van der Waals surface area contributed by atoms with Crippen molar-refractivity contribution in [2.75, 3.05) is 41.7 Å². The molecule has 6 nitrogen and oxygen atoms in total. The Balaban J connectivity index is 1.32. The quantitative estimate of drug-likeness (QED) is 0.431. The van der Waals surface area contributed by atoms with E-state index in [1.54, 1.807) is 6.20 Å². The number of hydrogen-bond acceptors (Lipinski definition) is 6. The second-order valence-electron chi connectivity index (χ2n) is 7.46. The van der Waals surface area contributed by atoms with Crippen molar-refractivity contribution in [2.24, 2.45) is 0 Å². The number of benzene rings is 2. The molecular formula is C23H23ClN6. The smallest absolute Gasteiger partial charge is 0.227 e. The minimum atomic E-state index is 0.693. The van der Waals surface area contributed by atoms with E-state index in [0.717, 1.165) is 65.4 Å². The number of nitrogens with zero attached hydrogens (tertiary/aromatic N) is 4. The van der Waals surface area contributed by atoms with Crippen molar-refractivity contribution in [1.82, 2.24) is 15.0 Å². The van der Waals surface area contributed by atoms with Crippen LogP contribution in [-0.4, -0.2) is 41.1 Å². The van der Waals surface area contributed by atoms with Gasteiger partial charge in [0.15, 0.2) is 0 Å². The molecule has 0 aliphatic carbocycles. The van der Waals surface area contributed by atoms with E-state index in [2.05, 4.69) is 26.6 Å². The summed E-state index contributed by atoms with van der Waals surface area (Å²) in [5.41, 5.74) is 2.91. The fourth-order valence-corrected chi connectivity index (χ4v) is 4.08. The summed E-state index contributed by atoms with van der Waals surface area (Å²) in [6.45, 7) is 3.54. The lowest BCUT2D eigenvalue weighted by molar-refractivity contribution is 0.905. The molecule has 7 heteroatoms. The number of rotatable bonds is 6. The molecule has 5 rings (SSSR count). The summed E-state index contributed by atoms with van der Waals surface area (Å²) in [5.74, 6) is 1.70. The molecule has 3 heterocycles. The molecule has 1 aliphatic rings. The van der Waals surface area contributed by atoms with Crippen molar-refractivity contribution in [3.63, 3.8) is 0 Å². The average molecular weight is 419 g/mol. The highest BCUT2D eigenvalue weighted by Gasteiger charge is 2.17. The van der Waals surface area contributed by atoms with Crippen molar-refractivity contribution in [3.8, 4) is 0 Å². The molecule has 0 spiro atoms. The summed E-state index contributed by atoms with van der Waals surface area (Å²) in [7, 11) is 0. The lowest BCUT2D eigenvalue weighted by atomic mass is 10.2. The van der Waals surface area contributed by atoms with Crippen LogP contribution in [0.3, 0.4) is 0 Å². The molecule has 4 aromatic rings. The van der Waals surface area contributed by atoms with Gasteiger partial charge < -0.3 is 15.5 Å². The number of fused-ring (bicyclic) bond motifs is 2. The SMILES string of the molecule is Clc1ccc2c(NCCNc3nc(N4CCCC4)nc4ccccc34)ccnc2c1. The number of para-hydroxylation sites is 1. The topological polar surface area (TPSA) is 66.0 Å². The van der Waals surface area contributed by atoms with Gasteiger partial charge in [0.05, 0.1) is 11.0 Å². The van der Waals surface area contributed by atoms with Crippen molar-refractivity contribution in [3.05, 3.63) is 59.8 Å². The molecule has 2 aromatic heterocycles. The third-order valence-corrected chi connectivity index (χ3v) is 5.65. The van der Waals surface area contributed by atoms with Gasteiger partial charge in [0.25, 0.3) is 0 Å². The number of nitrogens with one attached hydrogen (secondary N) is 2. The zero-order chi connectivity index (χ0) is 20.3. The maximum Gasteiger partial charge on any atom is 0.227 e. The van der Waals surface area contributed by atoms with Crippen molar-refractivity contribution in [2.45, 2.75) is 12.8 Å². The molecule has 0 atom stereocenters. The first-order valence-electron chi connectivity index (χ1n) is 10.3. The lowest BCUT2D eigenvalue weighted by Gasteiger charge is -2.18. The summed E-state index contributed by atoms with van der Waals surface area (Å²) >= 11 is 6.09. The van der Waals surface area contributed by atoms with Gasteiger partial charge in [0.1, 0.15) is 5.82 Å². The van der Waals surface area contributed by atoms with E-state index in [-0.39, 0.29) is 0 Å². The van der Waals surface area contributed by atoms with Gasteiger partial charge in [-0.1, -0.05) is 23.7 Å². The minimum Gasteiger partial charge on any atom is -0.383 e. The van der Waals surface area contributed by atoms with Gasteiger partial charge in [-0.25, -0.2) is 4.98 Å². The first kappa shape index (κ1) is 18.9. The van der Waals surface area contributed by atoms with Gasteiger partial charge in [0.2, 0.25) is 5.95 Å². The molecule has 0 amide bonds. The van der Waals surface area contributed by atoms with Gasteiger partial charge in [-0.05, 0) is 49.2 Å². The molecule has 1 fully saturated rings. The zero-order valence-electron chi connectivity index (χ0n) is 16.6. The molecule has 0 bridgehead atoms. The molecule has 0 saturated carbocycles. The first-order valence-corrected chi connectivity index (χ1v) is 10.7. The van der Waals surface area contributed by atoms with E-state index in [1.165, 1.54) is 12.8 Å². The van der Waals surface area contributed by atoms with Gasteiger partial charge in [-0.15, -0.1) is 0 Å². The molecule has 0 unspecified atom stereocenters. The summed E-state index contributed by atoms with van der Waals surface area (Å²) < 4.78 is 0. The fraction of sp³-hybridized carbons (Fsp3) is 0.261. The van der Waals surface area contributed by atoms with E-state index < -0.39 is 0 Å². The monoisotopic (exact) mass is 418 g/mol. The van der Waals surface area contributed by atoms with Crippen LogP contribution in [0.1, 0.15) is 12.8 Å². The van der Waals surface area contributed by atoms with Crippen molar-refractivity contribution >= 4 is 50.9 Å². The van der Waals surface area contributed by atoms with Gasteiger partial charge >= 0.3 is 0 Å². The van der Waals surface area contributed by atoms with E-state index in [4.69, 9.17) is 21.6 Å². The van der Waals surface area contributed by atoms with Gasteiger partial charge in [0, 0.05) is 53.9 Å². The van der Waals surface area contributed by atoms with Crippen LogP contribution in [0.15, 0.2) is 54.7 Å². The number of aromatic nitrogens is 3. The normalized spacial score (nSPS) is 13.8. The minimum absolute atomic E-state index is 0.693. The standard InChI is InChI=1S/C23H23ClN6/c24-16-7-8-17-19(9-10-25-21(17)15-16)26-11-12-27-22-18-5-1-2-6-20(18)28-23(29-22)30-13-3-4-14-30/h1-2,5-10,15H,3-4,11-14H2,(H,25,26)(H,27,28,29). The Hall–Kier alpha value is -3.12. The molecule has 0 radical (unpaired) electrons.